The third-order valence-electron chi connectivity index (χ3n) is 2.94. The maximum atomic E-state index is 11.8. The summed E-state index contributed by atoms with van der Waals surface area (Å²) in [5.41, 5.74) is 0.799. The van der Waals surface area contributed by atoms with Crippen molar-refractivity contribution in [3.8, 4) is 0 Å². The summed E-state index contributed by atoms with van der Waals surface area (Å²) in [6, 6.07) is 6.25. The van der Waals surface area contributed by atoms with Crippen LogP contribution >= 0.6 is 11.6 Å². The Balaban J connectivity index is 1.80. The van der Waals surface area contributed by atoms with Gasteiger partial charge in [0.2, 0.25) is 5.91 Å². The Hall–Kier alpha value is -1.88. The Kier molecular flexibility index (Phi) is 4.74. The van der Waals surface area contributed by atoms with Gasteiger partial charge in [0.25, 0.3) is 0 Å². The van der Waals surface area contributed by atoms with E-state index in [1.54, 1.807) is 24.3 Å². The molecule has 1 N–H and O–H groups in total. The van der Waals surface area contributed by atoms with Crippen LogP contribution in [0.5, 0.6) is 0 Å². The van der Waals surface area contributed by atoms with E-state index >= 15 is 0 Å². The molecule has 1 amide bonds. The van der Waals surface area contributed by atoms with E-state index in [-0.39, 0.29) is 18.6 Å². The van der Waals surface area contributed by atoms with Crippen LogP contribution in [0.1, 0.15) is 18.4 Å². The normalized spacial score (nSPS) is 17.6. The summed E-state index contributed by atoms with van der Waals surface area (Å²) in [7, 11) is 0. The second-order valence-electron chi connectivity index (χ2n) is 4.59. The van der Waals surface area contributed by atoms with Gasteiger partial charge in [-0.1, -0.05) is 23.7 Å². The topological polar surface area (TPSA) is 72.5 Å². The van der Waals surface area contributed by atoms with Gasteiger partial charge in [-0.2, -0.15) is 0 Å². The van der Waals surface area contributed by atoms with E-state index in [9.17, 15) is 14.4 Å². The average Bonchev–Trinajstić information content (AvgIpc) is 2.77. The maximum absolute atomic E-state index is 11.8. The number of Topliss-reactive ketones (excluding diaryl/α,β-unsaturated/α-hetero) is 1. The van der Waals surface area contributed by atoms with Gasteiger partial charge in [-0.3, -0.25) is 9.59 Å². The van der Waals surface area contributed by atoms with Crippen molar-refractivity contribution in [2.75, 3.05) is 6.61 Å². The molecule has 0 spiro atoms. The number of hydrogen-bond donors (Lipinski definition) is 1. The molecule has 1 fully saturated rings. The number of carbonyl (C=O) groups excluding carboxylic acids is 3. The van der Waals surface area contributed by atoms with Crippen molar-refractivity contribution < 1.29 is 19.1 Å². The predicted octanol–water partition coefficient (Wildman–Crippen LogP) is 1.27. The second-order valence-corrected chi connectivity index (χ2v) is 5.03. The molecule has 1 heterocycles. The first-order chi connectivity index (χ1) is 9.54. The van der Waals surface area contributed by atoms with Crippen molar-refractivity contribution in [1.82, 2.24) is 5.32 Å². The fourth-order valence-corrected chi connectivity index (χ4v) is 2.07. The largest absolute Gasteiger partial charge is 0.464 e. The summed E-state index contributed by atoms with van der Waals surface area (Å²) in [4.78, 5) is 34.6. The molecule has 1 aromatic rings. The summed E-state index contributed by atoms with van der Waals surface area (Å²) >= 11 is 5.75. The van der Waals surface area contributed by atoms with Gasteiger partial charge in [0, 0.05) is 17.9 Å². The number of halogens is 1. The van der Waals surface area contributed by atoms with Gasteiger partial charge in [-0.15, -0.1) is 0 Å². The number of esters is 1. The molecule has 2 rings (SSSR count). The third-order valence-corrected chi connectivity index (χ3v) is 3.19. The minimum Gasteiger partial charge on any atom is -0.464 e. The Morgan fingerprint density at radius 2 is 2.00 bits per heavy atom. The smallest absolute Gasteiger partial charge is 0.328 e. The first-order valence-electron chi connectivity index (χ1n) is 6.27. The van der Waals surface area contributed by atoms with Crippen LogP contribution < -0.4 is 5.32 Å². The van der Waals surface area contributed by atoms with Crippen LogP contribution in [0.4, 0.5) is 0 Å². The van der Waals surface area contributed by atoms with E-state index in [2.05, 4.69) is 5.32 Å². The van der Waals surface area contributed by atoms with Gasteiger partial charge >= 0.3 is 5.97 Å². The molecule has 0 unspecified atom stereocenters. The quantitative estimate of drug-likeness (QED) is 0.656. The van der Waals surface area contributed by atoms with Crippen LogP contribution in [-0.2, 0) is 25.5 Å². The molecule has 0 bridgehead atoms. The van der Waals surface area contributed by atoms with Crippen molar-refractivity contribution in [2.24, 2.45) is 0 Å². The minimum atomic E-state index is -0.620. The first-order valence-corrected chi connectivity index (χ1v) is 6.64. The zero-order valence-electron chi connectivity index (χ0n) is 10.7. The van der Waals surface area contributed by atoms with Crippen molar-refractivity contribution in [3.63, 3.8) is 0 Å². The molecular weight excluding hydrogens is 282 g/mol. The van der Waals surface area contributed by atoms with Crippen LogP contribution in [0.3, 0.4) is 0 Å². The Morgan fingerprint density at radius 3 is 2.60 bits per heavy atom. The molecule has 5 nitrogen and oxygen atoms in total. The highest BCUT2D eigenvalue weighted by molar-refractivity contribution is 6.30. The van der Waals surface area contributed by atoms with E-state index < -0.39 is 17.9 Å². The Labute approximate surface area is 121 Å². The third kappa shape index (κ3) is 4.06. The molecule has 6 heteroatoms. The number of ketones is 1. The predicted molar refractivity (Wildman–Crippen MR) is 72.3 cm³/mol. The minimum absolute atomic E-state index is 0.166. The molecule has 1 aromatic carbocycles. The molecule has 1 aliphatic rings. The number of ether oxygens (including phenoxy) is 1. The van der Waals surface area contributed by atoms with Crippen LogP contribution in [0.2, 0.25) is 5.02 Å². The lowest BCUT2D eigenvalue weighted by molar-refractivity contribution is -0.141. The fourth-order valence-electron chi connectivity index (χ4n) is 1.94. The van der Waals surface area contributed by atoms with Crippen molar-refractivity contribution >= 4 is 29.3 Å². The van der Waals surface area contributed by atoms with Crippen LogP contribution in [0.15, 0.2) is 24.3 Å². The molecule has 0 aliphatic carbocycles. The lowest BCUT2D eigenvalue weighted by atomic mass is 10.1. The summed E-state index contributed by atoms with van der Waals surface area (Å²) in [5.74, 6) is -1.10. The second kappa shape index (κ2) is 6.52. The number of cyclic esters (lactones) is 1. The van der Waals surface area contributed by atoms with Gasteiger partial charge in [0.15, 0.2) is 0 Å². The summed E-state index contributed by atoms with van der Waals surface area (Å²) < 4.78 is 4.73. The SMILES string of the molecule is O=C(CC(=O)N[C@H]1CCOC1=O)Cc1ccc(Cl)cc1. The van der Waals surface area contributed by atoms with Crippen LogP contribution in [0.25, 0.3) is 0 Å². The van der Waals surface area contributed by atoms with Crippen molar-refractivity contribution in [3.05, 3.63) is 34.9 Å². The van der Waals surface area contributed by atoms with Crippen molar-refractivity contribution in [2.45, 2.75) is 25.3 Å². The number of hydrogen-bond acceptors (Lipinski definition) is 4. The molecule has 1 atom stereocenters. The summed E-state index contributed by atoms with van der Waals surface area (Å²) in [6.45, 7) is 0.308. The Bertz CT molecular complexity index is 526. The average molecular weight is 296 g/mol. The summed E-state index contributed by atoms with van der Waals surface area (Å²) in [5, 5.41) is 3.10. The zero-order valence-corrected chi connectivity index (χ0v) is 11.5. The number of nitrogens with one attached hydrogen (secondary N) is 1. The van der Waals surface area contributed by atoms with E-state index in [0.717, 1.165) is 5.56 Å². The van der Waals surface area contributed by atoms with Crippen LogP contribution in [-0.4, -0.2) is 30.3 Å². The maximum Gasteiger partial charge on any atom is 0.328 e. The van der Waals surface area contributed by atoms with Gasteiger partial charge in [0.1, 0.15) is 11.8 Å². The zero-order chi connectivity index (χ0) is 14.5. The molecule has 1 saturated heterocycles. The van der Waals surface area contributed by atoms with Crippen LogP contribution in [0, 0.1) is 0 Å². The summed E-state index contributed by atoms with van der Waals surface area (Å²) in [6.07, 6.45) is 0.377. The molecule has 1 aliphatic heterocycles. The molecule has 20 heavy (non-hydrogen) atoms. The molecule has 0 aromatic heterocycles. The van der Waals surface area contributed by atoms with E-state index in [4.69, 9.17) is 16.3 Å². The molecule has 0 radical (unpaired) electrons. The van der Waals surface area contributed by atoms with Gasteiger partial charge in [-0.05, 0) is 17.7 Å². The number of amides is 1. The van der Waals surface area contributed by atoms with Gasteiger partial charge in [-0.25, -0.2) is 4.79 Å². The molecular formula is C14H14ClNO4. The highest BCUT2D eigenvalue weighted by Crippen LogP contribution is 2.11. The number of benzene rings is 1. The van der Waals surface area contributed by atoms with E-state index in [1.807, 2.05) is 0 Å². The van der Waals surface area contributed by atoms with Gasteiger partial charge < -0.3 is 10.1 Å². The van der Waals surface area contributed by atoms with Crippen molar-refractivity contribution in [1.29, 1.82) is 0 Å². The van der Waals surface area contributed by atoms with E-state index in [0.29, 0.717) is 18.1 Å². The number of carbonyl (C=O) groups is 3. The lowest BCUT2D eigenvalue weighted by Crippen LogP contribution is -2.38. The molecule has 0 saturated carbocycles. The standard InChI is InChI=1S/C14H14ClNO4/c15-10-3-1-9(2-4-10)7-11(17)8-13(18)16-12-5-6-20-14(12)19/h1-4,12H,5-8H2,(H,16,18)/t12-/m0/s1. The van der Waals surface area contributed by atoms with E-state index in [1.165, 1.54) is 0 Å². The Morgan fingerprint density at radius 1 is 1.30 bits per heavy atom. The van der Waals surface area contributed by atoms with Gasteiger partial charge in [0.05, 0.1) is 13.0 Å². The lowest BCUT2D eigenvalue weighted by Gasteiger charge is -2.08. The monoisotopic (exact) mass is 295 g/mol. The fraction of sp³-hybridized carbons (Fsp3) is 0.357. The molecule has 106 valence electrons. The first kappa shape index (κ1) is 14.5. The highest BCUT2D eigenvalue weighted by Gasteiger charge is 2.28. The number of rotatable bonds is 5. The highest BCUT2D eigenvalue weighted by atomic mass is 35.5.